The molecular formula is C21H31N3O3. The zero-order chi connectivity index (χ0) is 19.0. The van der Waals surface area contributed by atoms with Gasteiger partial charge in [-0.1, -0.05) is 6.42 Å². The van der Waals surface area contributed by atoms with Gasteiger partial charge in [-0.2, -0.15) is 0 Å². The summed E-state index contributed by atoms with van der Waals surface area (Å²) in [4.78, 5) is 21.8. The summed E-state index contributed by atoms with van der Waals surface area (Å²) in [5.41, 5.74) is 0.891. The molecule has 1 aliphatic carbocycles. The van der Waals surface area contributed by atoms with Gasteiger partial charge in [-0.15, -0.1) is 0 Å². The molecule has 148 valence electrons. The molecule has 1 amide bonds. The van der Waals surface area contributed by atoms with E-state index in [9.17, 15) is 9.90 Å². The predicted molar refractivity (Wildman–Crippen MR) is 103 cm³/mol. The van der Waals surface area contributed by atoms with Crippen LogP contribution in [0.3, 0.4) is 0 Å². The number of amides is 1. The topological polar surface area (TPSA) is 65.9 Å². The van der Waals surface area contributed by atoms with Gasteiger partial charge in [0, 0.05) is 38.2 Å². The fourth-order valence-corrected chi connectivity index (χ4v) is 4.34. The van der Waals surface area contributed by atoms with E-state index in [0.29, 0.717) is 24.4 Å². The minimum Gasteiger partial charge on any atom is -0.474 e. The Hall–Kier alpha value is -1.66. The molecule has 2 aliphatic heterocycles. The van der Waals surface area contributed by atoms with E-state index >= 15 is 0 Å². The SMILES string of the molecule is CC(C)(CO)N1CCc2nc(OC3CCN(C4CCC4)CC3)ccc2C1=O. The molecule has 1 saturated heterocycles. The number of carbonyl (C=O) groups is 1. The number of carbonyl (C=O) groups excluding carboxylic acids is 1. The van der Waals surface area contributed by atoms with Crippen molar-refractivity contribution in [3.63, 3.8) is 0 Å². The number of aromatic nitrogens is 1. The van der Waals surface area contributed by atoms with Crippen LogP contribution < -0.4 is 4.74 Å². The predicted octanol–water partition coefficient (Wildman–Crippen LogP) is 2.25. The lowest BCUT2D eigenvalue weighted by molar-refractivity contribution is 0.0345. The number of likely N-dealkylation sites (tertiary alicyclic amines) is 1. The summed E-state index contributed by atoms with van der Waals surface area (Å²) in [6.45, 7) is 6.53. The number of aliphatic hydroxyl groups is 1. The largest absolute Gasteiger partial charge is 0.474 e. The van der Waals surface area contributed by atoms with E-state index in [0.717, 1.165) is 37.7 Å². The third-order valence-corrected chi connectivity index (χ3v) is 6.47. The van der Waals surface area contributed by atoms with E-state index in [1.54, 1.807) is 4.90 Å². The monoisotopic (exact) mass is 373 g/mol. The highest BCUT2D eigenvalue weighted by molar-refractivity contribution is 5.96. The lowest BCUT2D eigenvalue weighted by atomic mass is 9.90. The zero-order valence-electron chi connectivity index (χ0n) is 16.5. The third kappa shape index (κ3) is 3.69. The van der Waals surface area contributed by atoms with Crippen LogP contribution in [0, 0.1) is 0 Å². The van der Waals surface area contributed by atoms with Crippen molar-refractivity contribution in [2.24, 2.45) is 0 Å². The van der Waals surface area contributed by atoms with Crippen molar-refractivity contribution < 1.29 is 14.6 Å². The maximum atomic E-state index is 12.8. The van der Waals surface area contributed by atoms with Crippen molar-refractivity contribution in [3.8, 4) is 5.88 Å². The van der Waals surface area contributed by atoms with Gasteiger partial charge in [0.05, 0.1) is 23.4 Å². The highest BCUT2D eigenvalue weighted by Gasteiger charge is 2.35. The fraction of sp³-hybridized carbons (Fsp3) is 0.714. The normalized spacial score (nSPS) is 22.5. The minimum atomic E-state index is -0.557. The Kier molecular flexibility index (Phi) is 5.12. The van der Waals surface area contributed by atoms with Crippen LogP contribution in [-0.4, -0.2) is 69.7 Å². The minimum absolute atomic E-state index is 0.0526. The van der Waals surface area contributed by atoms with Gasteiger partial charge in [-0.05, 0) is 45.6 Å². The first kappa shape index (κ1) is 18.7. The van der Waals surface area contributed by atoms with Crippen molar-refractivity contribution >= 4 is 5.91 Å². The summed E-state index contributed by atoms with van der Waals surface area (Å²) in [5.74, 6) is 0.585. The average Bonchev–Trinajstić information content (AvgIpc) is 2.62. The van der Waals surface area contributed by atoms with Crippen LogP contribution in [0.5, 0.6) is 5.88 Å². The molecule has 2 fully saturated rings. The van der Waals surface area contributed by atoms with Gasteiger partial charge in [-0.25, -0.2) is 4.98 Å². The number of fused-ring (bicyclic) bond motifs is 1. The smallest absolute Gasteiger partial charge is 0.256 e. The first-order valence-electron chi connectivity index (χ1n) is 10.3. The number of nitrogens with zero attached hydrogens (tertiary/aromatic N) is 3. The Morgan fingerprint density at radius 3 is 2.56 bits per heavy atom. The quantitative estimate of drug-likeness (QED) is 0.858. The van der Waals surface area contributed by atoms with Crippen molar-refractivity contribution in [2.45, 2.75) is 70.1 Å². The number of piperidine rings is 1. The Labute approximate surface area is 161 Å². The number of pyridine rings is 1. The second-order valence-electron chi connectivity index (χ2n) is 8.76. The summed E-state index contributed by atoms with van der Waals surface area (Å²) >= 11 is 0. The molecule has 27 heavy (non-hydrogen) atoms. The number of rotatable bonds is 5. The Morgan fingerprint density at radius 2 is 1.93 bits per heavy atom. The first-order valence-corrected chi connectivity index (χ1v) is 10.3. The van der Waals surface area contributed by atoms with Crippen molar-refractivity contribution in [1.29, 1.82) is 0 Å². The summed E-state index contributed by atoms with van der Waals surface area (Å²) < 4.78 is 6.15. The molecular weight excluding hydrogens is 342 g/mol. The second-order valence-corrected chi connectivity index (χ2v) is 8.76. The molecule has 0 unspecified atom stereocenters. The fourth-order valence-electron chi connectivity index (χ4n) is 4.34. The van der Waals surface area contributed by atoms with Crippen LogP contribution >= 0.6 is 0 Å². The molecule has 3 heterocycles. The van der Waals surface area contributed by atoms with E-state index in [2.05, 4.69) is 9.88 Å². The van der Waals surface area contributed by atoms with Crippen LogP contribution in [0.1, 0.15) is 62.0 Å². The van der Waals surface area contributed by atoms with Crippen LogP contribution in [-0.2, 0) is 6.42 Å². The molecule has 0 atom stereocenters. The maximum Gasteiger partial charge on any atom is 0.256 e. The molecule has 1 N–H and O–H groups in total. The summed E-state index contributed by atoms with van der Waals surface area (Å²) in [6, 6.07) is 4.47. The summed E-state index contributed by atoms with van der Waals surface area (Å²) in [6.07, 6.45) is 7.11. The van der Waals surface area contributed by atoms with E-state index in [1.165, 1.54) is 19.3 Å². The number of hydrogen-bond donors (Lipinski definition) is 1. The van der Waals surface area contributed by atoms with Gasteiger partial charge >= 0.3 is 0 Å². The standard InChI is InChI=1S/C21H31N3O3/c1-21(2,14-25)24-13-10-18-17(20(24)26)6-7-19(22-18)27-16-8-11-23(12-9-16)15-4-3-5-15/h6-7,15-16,25H,3-5,8-14H2,1-2H3. The molecule has 0 spiro atoms. The molecule has 0 bridgehead atoms. The van der Waals surface area contributed by atoms with E-state index in [1.807, 2.05) is 26.0 Å². The third-order valence-electron chi connectivity index (χ3n) is 6.47. The molecule has 1 aromatic rings. The molecule has 6 nitrogen and oxygen atoms in total. The van der Waals surface area contributed by atoms with Crippen LogP contribution in [0.15, 0.2) is 12.1 Å². The van der Waals surface area contributed by atoms with Gasteiger partial charge in [0.15, 0.2) is 0 Å². The van der Waals surface area contributed by atoms with Crippen molar-refractivity contribution in [1.82, 2.24) is 14.8 Å². The molecule has 0 aromatic carbocycles. The van der Waals surface area contributed by atoms with E-state index in [4.69, 9.17) is 4.74 Å². The lowest BCUT2D eigenvalue weighted by Gasteiger charge is -2.41. The van der Waals surface area contributed by atoms with E-state index < -0.39 is 5.54 Å². The van der Waals surface area contributed by atoms with Gasteiger partial charge < -0.3 is 19.6 Å². The molecule has 6 heteroatoms. The molecule has 3 aliphatic rings. The van der Waals surface area contributed by atoms with Crippen molar-refractivity contribution in [3.05, 3.63) is 23.4 Å². The van der Waals surface area contributed by atoms with Crippen LogP contribution in [0.25, 0.3) is 0 Å². The molecule has 4 rings (SSSR count). The van der Waals surface area contributed by atoms with Crippen molar-refractivity contribution in [2.75, 3.05) is 26.2 Å². The second kappa shape index (κ2) is 7.40. The lowest BCUT2D eigenvalue weighted by Crippen LogP contribution is -2.53. The number of aliphatic hydroxyl groups excluding tert-OH is 1. The molecule has 0 radical (unpaired) electrons. The summed E-state index contributed by atoms with van der Waals surface area (Å²) in [5, 5.41) is 9.58. The average molecular weight is 373 g/mol. The van der Waals surface area contributed by atoms with E-state index in [-0.39, 0.29) is 18.6 Å². The maximum absolute atomic E-state index is 12.8. The van der Waals surface area contributed by atoms with Crippen LogP contribution in [0.2, 0.25) is 0 Å². The highest BCUT2D eigenvalue weighted by atomic mass is 16.5. The Morgan fingerprint density at radius 1 is 1.19 bits per heavy atom. The van der Waals surface area contributed by atoms with Gasteiger partial charge in [-0.3, -0.25) is 4.79 Å². The van der Waals surface area contributed by atoms with Gasteiger partial charge in [0.1, 0.15) is 6.10 Å². The number of hydrogen-bond acceptors (Lipinski definition) is 5. The zero-order valence-corrected chi connectivity index (χ0v) is 16.5. The first-order chi connectivity index (χ1) is 13.0. The number of ether oxygens (including phenoxy) is 1. The molecule has 1 saturated carbocycles. The molecule has 1 aromatic heterocycles. The summed E-state index contributed by atoms with van der Waals surface area (Å²) in [7, 11) is 0. The Balaban J connectivity index is 1.38. The Bertz CT molecular complexity index is 694. The van der Waals surface area contributed by atoms with Gasteiger partial charge in [0.25, 0.3) is 5.91 Å². The van der Waals surface area contributed by atoms with Crippen LogP contribution in [0.4, 0.5) is 0 Å². The van der Waals surface area contributed by atoms with Gasteiger partial charge in [0.2, 0.25) is 5.88 Å². The highest BCUT2D eigenvalue weighted by Crippen LogP contribution is 2.29.